The van der Waals surface area contributed by atoms with E-state index in [1.54, 1.807) is 0 Å². The summed E-state index contributed by atoms with van der Waals surface area (Å²) in [6.07, 6.45) is 2.93. The van der Waals surface area contributed by atoms with E-state index >= 15 is 0 Å². The van der Waals surface area contributed by atoms with E-state index < -0.39 is 0 Å². The van der Waals surface area contributed by atoms with Crippen molar-refractivity contribution >= 4 is 5.71 Å². The summed E-state index contributed by atoms with van der Waals surface area (Å²) in [5.41, 5.74) is 0.710. The van der Waals surface area contributed by atoms with Gasteiger partial charge in [-0.05, 0) is 32.2 Å². The van der Waals surface area contributed by atoms with Crippen LogP contribution in [0.1, 0.15) is 47.0 Å². The molecule has 94 valence electrons. The third-order valence-corrected chi connectivity index (χ3v) is 3.27. The zero-order chi connectivity index (χ0) is 12.2. The van der Waals surface area contributed by atoms with Crippen molar-refractivity contribution in [2.75, 3.05) is 13.2 Å². The first kappa shape index (κ1) is 13.7. The van der Waals surface area contributed by atoms with Gasteiger partial charge < -0.3 is 15.5 Å². The third kappa shape index (κ3) is 3.29. The van der Waals surface area contributed by atoms with E-state index in [4.69, 9.17) is 10.1 Å². The normalized spacial score (nSPS) is 31.8. The van der Waals surface area contributed by atoms with Crippen molar-refractivity contribution in [1.82, 2.24) is 5.32 Å². The van der Waals surface area contributed by atoms with Gasteiger partial charge in [-0.1, -0.05) is 20.8 Å². The van der Waals surface area contributed by atoms with Crippen LogP contribution in [0.2, 0.25) is 0 Å². The number of ether oxygens (including phenoxy) is 1. The van der Waals surface area contributed by atoms with Crippen LogP contribution in [-0.4, -0.2) is 30.5 Å². The Labute approximate surface area is 99.5 Å². The zero-order valence-corrected chi connectivity index (χ0v) is 11.1. The van der Waals surface area contributed by atoms with Crippen molar-refractivity contribution in [3.63, 3.8) is 0 Å². The minimum absolute atomic E-state index is 0.117. The van der Waals surface area contributed by atoms with Crippen LogP contribution in [0, 0.1) is 11.3 Å². The molecule has 1 aliphatic heterocycles. The van der Waals surface area contributed by atoms with Gasteiger partial charge in [0.2, 0.25) is 0 Å². The number of nitrogens with one attached hydrogen (secondary N) is 2. The lowest BCUT2D eigenvalue weighted by molar-refractivity contribution is 0.0699. The predicted octanol–water partition coefficient (Wildman–Crippen LogP) is 2.60. The number of rotatable bonds is 4. The molecule has 2 N–H and O–H groups in total. The Morgan fingerprint density at radius 1 is 1.56 bits per heavy atom. The van der Waals surface area contributed by atoms with E-state index in [2.05, 4.69) is 33.0 Å². The molecule has 0 unspecified atom stereocenters. The van der Waals surface area contributed by atoms with Gasteiger partial charge in [0.05, 0.1) is 11.6 Å². The van der Waals surface area contributed by atoms with Gasteiger partial charge in [0.1, 0.15) is 0 Å². The van der Waals surface area contributed by atoms with Gasteiger partial charge in [0.25, 0.3) is 0 Å². The maximum atomic E-state index is 8.32. The van der Waals surface area contributed by atoms with E-state index in [0.717, 1.165) is 38.1 Å². The Hall–Kier alpha value is -0.410. The van der Waals surface area contributed by atoms with Crippen LogP contribution in [0.5, 0.6) is 0 Å². The van der Waals surface area contributed by atoms with E-state index in [9.17, 15) is 0 Å². The summed E-state index contributed by atoms with van der Waals surface area (Å²) in [5.74, 6) is 0.604. The first-order chi connectivity index (χ1) is 7.50. The second kappa shape index (κ2) is 5.78. The molecular formula is C13H26N2O. The molecule has 1 saturated heterocycles. The minimum Gasteiger partial charge on any atom is -0.378 e. The van der Waals surface area contributed by atoms with E-state index in [1.165, 1.54) is 0 Å². The molecule has 1 rings (SSSR count). The average molecular weight is 226 g/mol. The highest BCUT2D eigenvalue weighted by Gasteiger charge is 2.37. The monoisotopic (exact) mass is 226 g/mol. The molecular weight excluding hydrogens is 200 g/mol. The van der Waals surface area contributed by atoms with Gasteiger partial charge in [-0.2, -0.15) is 0 Å². The Balaban J connectivity index is 2.83. The van der Waals surface area contributed by atoms with Crippen molar-refractivity contribution in [3.05, 3.63) is 0 Å². The van der Waals surface area contributed by atoms with Gasteiger partial charge >= 0.3 is 0 Å². The largest absolute Gasteiger partial charge is 0.378 e. The lowest BCUT2D eigenvalue weighted by Crippen LogP contribution is -2.52. The molecule has 1 heterocycles. The summed E-state index contributed by atoms with van der Waals surface area (Å²) in [5, 5.41) is 11.9. The first-order valence-electron chi connectivity index (χ1n) is 6.44. The maximum Gasteiger partial charge on any atom is 0.0599 e. The van der Waals surface area contributed by atoms with Gasteiger partial charge in [0, 0.05) is 18.7 Å². The molecule has 0 saturated carbocycles. The molecule has 1 fully saturated rings. The van der Waals surface area contributed by atoms with Crippen LogP contribution < -0.4 is 5.32 Å². The standard InChI is InChI=1S/C13H26N2O/c1-5-15-13(9-10(2)3)6-7-16-11(4)8-12(13)14/h10-11,14-15H,5-9H2,1-4H3/t11-,13-/m1/s1. The predicted molar refractivity (Wildman–Crippen MR) is 68.2 cm³/mol. The topological polar surface area (TPSA) is 45.1 Å². The van der Waals surface area contributed by atoms with Crippen molar-refractivity contribution in [2.24, 2.45) is 5.92 Å². The smallest absolute Gasteiger partial charge is 0.0599 e. The lowest BCUT2D eigenvalue weighted by Gasteiger charge is -2.35. The quantitative estimate of drug-likeness (QED) is 0.774. The summed E-state index contributed by atoms with van der Waals surface area (Å²) in [7, 11) is 0. The molecule has 0 radical (unpaired) electrons. The minimum atomic E-state index is -0.117. The van der Waals surface area contributed by atoms with Crippen LogP contribution in [0.25, 0.3) is 0 Å². The summed E-state index contributed by atoms with van der Waals surface area (Å²) >= 11 is 0. The van der Waals surface area contributed by atoms with Crippen molar-refractivity contribution < 1.29 is 4.74 Å². The molecule has 0 bridgehead atoms. The number of hydrogen-bond donors (Lipinski definition) is 2. The second-order valence-electron chi connectivity index (χ2n) is 5.32. The van der Waals surface area contributed by atoms with Gasteiger partial charge in [-0.15, -0.1) is 0 Å². The Morgan fingerprint density at radius 3 is 2.81 bits per heavy atom. The molecule has 1 aliphatic rings. The fourth-order valence-electron chi connectivity index (χ4n) is 2.65. The van der Waals surface area contributed by atoms with E-state index in [-0.39, 0.29) is 11.6 Å². The highest BCUT2D eigenvalue weighted by Crippen LogP contribution is 2.27. The molecule has 0 amide bonds. The van der Waals surface area contributed by atoms with Gasteiger partial charge in [-0.25, -0.2) is 0 Å². The van der Waals surface area contributed by atoms with Gasteiger partial charge in [0.15, 0.2) is 0 Å². The van der Waals surface area contributed by atoms with Crippen LogP contribution >= 0.6 is 0 Å². The molecule has 2 atom stereocenters. The summed E-state index contributed by atoms with van der Waals surface area (Å²) in [4.78, 5) is 0. The Morgan fingerprint density at radius 2 is 2.25 bits per heavy atom. The molecule has 3 nitrogen and oxygen atoms in total. The van der Waals surface area contributed by atoms with Crippen LogP contribution in [0.3, 0.4) is 0 Å². The summed E-state index contributed by atoms with van der Waals surface area (Å²) < 4.78 is 5.68. The van der Waals surface area contributed by atoms with Gasteiger partial charge in [-0.3, -0.25) is 0 Å². The molecule has 0 aromatic rings. The fourth-order valence-corrected chi connectivity index (χ4v) is 2.65. The van der Waals surface area contributed by atoms with Crippen molar-refractivity contribution in [1.29, 1.82) is 5.41 Å². The third-order valence-electron chi connectivity index (χ3n) is 3.27. The average Bonchev–Trinajstić information content (AvgIpc) is 2.27. The Kier molecular flexibility index (Phi) is 4.93. The van der Waals surface area contributed by atoms with E-state index in [1.807, 2.05) is 0 Å². The van der Waals surface area contributed by atoms with Crippen molar-refractivity contribution in [2.45, 2.75) is 58.6 Å². The number of hydrogen-bond acceptors (Lipinski definition) is 3. The highest BCUT2D eigenvalue weighted by molar-refractivity contribution is 5.91. The van der Waals surface area contributed by atoms with Crippen LogP contribution in [0.4, 0.5) is 0 Å². The molecule has 3 heteroatoms. The zero-order valence-electron chi connectivity index (χ0n) is 11.1. The molecule has 0 spiro atoms. The first-order valence-corrected chi connectivity index (χ1v) is 6.44. The fraction of sp³-hybridized carbons (Fsp3) is 0.923. The van der Waals surface area contributed by atoms with E-state index in [0.29, 0.717) is 5.92 Å². The molecule has 0 aromatic heterocycles. The molecule has 0 aliphatic carbocycles. The van der Waals surface area contributed by atoms with Crippen LogP contribution in [-0.2, 0) is 4.74 Å². The summed E-state index contributed by atoms with van der Waals surface area (Å²) in [6, 6.07) is 0. The second-order valence-corrected chi connectivity index (χ2v) is 5.32. The van der Waals surface area contributed by atoms with Crippen LogP contribution in [0.15, 0.2) is 0 Å². The maximum absolute atomic E-state index is 8.32. The molecule has 16 heavy (non-hydrogen) atoms. The lowest BCUT2D eigenvalue weighted by atomic mass is 9.80. The highest BCUT2D eigenvalue weighted by atomic mass is 16.5. The SMILES string of the molecule is CCN[C@@]1(CC(C)C)CCO[C@H](C)CC1=N. The molecule has 0 aromatic carbocycles. The summed E-state index contributed by atoms with van der Waals surface area (Å²) in [6.45, 7) is 10.3. The van der Waals surface area contributed by atoms with Crippen molar-refractivity contribution in [3.8, 4) is 0 Å². The Bertz CT molecular complexity index is 240.